The highest BCUT2D eigenvalue weighted by molar-refractivity contribution is 5.91. The van der Waals surface area contributed by atoms with Crippen molar-refractivity contribution in [1.82, 2.24) is 10.2 Å². The van der Waals surface area contributed by atoms with Gasteiger partial charge in [0.2, 0.25) is 11.8 Å². The second-order valence-electron chi connectivity index (χ2n) is 10.1. The second-order valence-corrected chi connectivity index (χ2v) is 10.1. The fourth-order valence-electron chi connectivity index (χ4n) is 5.47. The number of carbonyl (C=O) groups is 3. The van der Waals surface area contributed by atoms with Crippen LogP contribution >= 0.6 is 0 Å². The molecule has 1 aliphatic carbocycles. The molecule has 0 spiro atoms. The summed E-state index contributed by atoms with van der Waals surface area (Å²) in [5.74, 6) is -0.0949. The molecule has 7 heteroatoms. The summed E-state index contributed by atoms with van der Waals surface area (Å²) in [5.41, 5.74) is 6.81. The van der Waals surface area contributed by atoms with Crippen molar-refractivity contribution in [3.8, 4) is 11.1 Å². The predicted molar refractivity (Wildman–Crippen MR) is 148 cm³/mol. The summed E-state index contributed by atoms with van der Waals surface area (Å²) in [6, 6.07) is 21.6. The van der Waals surface area contributed by atoms with Gasteiger partial charge >= 0.3 is 5.97 Å². The lowest BCUT2D eigenvalue weighted by Gasteiger charge is -2.32. The molecule has 0 saturated heterocycles. The van der Waals surface area contributed by atoms with Crippen molar-refractivity contribution < 1.29 is 23.9 Å². The molecule has 1 aliphatic heterocycles. The number of hydrogen-bond donors (Lipinski definition) is 1. The molecule has 0 aromatic heterocycles. The topological polar surface area (TPSA) is 84.9 Å². The second kappa shape index (κ2) is 11.8. The zero-order chi connectivity index (χ0) is 27.4. The van der Waals surface area contributed by atoms with E-state index in [9.17, 15) is 14.4 Å². The fourth-order valence-corrected chi connectivity index (χ4v) is 5.47. The summed E-state index contributed by atoms with van der Waals surface area (Å²) < 4.78 is 10.3. The Morgan fingerprint density at radius 2 is 1.82 bits per heavy atom. The first kappa shape index (κ1) is 26.6. The zero-order valence-electron chi connectivity index (χ0n) is 22.4. The van der Waals surface area contributed by atoms with Crippen LogP contribution in [0.2, 0.25) is 0 Å². The van der Waals surface area contributed by atoms with Crippen LogP contribution in [0.5, 0.6) is 0 Å². The lowest BCUT2D eigenvalue weighted by molar-refractivity contribution is -0.137. The van der Waals surface area contributed by atoms with Gasteiger partial charge < -0.3 is 19.7 Å². The lowest BCUT2D eigenvalue weighted by Crippen LogP contribution is -2.39. The lowest BCUT2D eigenvalue weighted by atomic mass is 9.87. The van der Waals surface area contributed by atoms with Crippen molar-refractivity contribution in [3.05, 3.63) is 94.5 Å². The van der Waals surface area contributed by atoms with Crippen molar-refractivity contribution in [3.63, 3.8) is 0 Å². The van der Waals surface area contributed by atoms with Crippen molar-refractivity contribution in [2.24, 2.45) is 5.92 Å². The van der Waals surface area contributed by atoms with E-state index in [1.807, 2.05) is 54.3 Å². The van der Waals surface area contributed by atoms with E-state index in [0.29, 0.717) is 38.2 Å². The van der Waals surface area contributed by atoms with E-state index in [-0.39, 0.29) is 36.2 Å². The predicted octanol–water partition coefficient (Wildman–Crippen LogP) is 4.48. The minimum absolute atomic E-state index is 0.00664. The Morgan fingerprint density at radius 1 is 1.00 bits per heavy atom. The van der Waals surface area contributed by atoms with Gasteiger partial charge in [-0.05, 0) is 71.2 Å². The van der Waals surface area contributed by atoms with E-state index in [0.717, 1.165) is 34.2 Å². The van der Waals surface area contributed by atoms with E-state index in [1.165, 1.54) is 12.7 Å². The van der Waals surface area contributed by atoms with Gasteiger partial charge in [0.25, 0.3) is 0 Å². The summed E-state index contributed by atoms with van der Waals surface area (Å²) in [5, 5.41) is 3.15. The average Bonchev–Trinajstić information content (AvgIpc) is 3.79. The van der Waals surface area contributed by atoms with Crippen LogP contribution in [0.3, 0.4) is 0 Å². The van der Waals surface area contributed by atoms with Crippen LogP contribution in [0.4, 0.5) is 0 Å². The number of hydrogen-bond acceptors (Lipinski definition) is 5. The Balaban J connectivity index is 1.39. The molecule has 1 saturated carbocycles. The molecular weight excluding hydrogens is 492 g/mol. The molecule has 2 atom stereocenters. The summed E-state index contributed by atoms with van der Waals surface area (Å²) >= 11 is 0. The quantitative estimate of drug-likeness (QED) is 0.416. The fraction of sp³-hybridized carbons (Fsp3) is 0.344. The molecule has 2 amide bonds. The van der Waals surface area contributed by atoms with Gasteiger partial charge in [-0.25, -0.2) is 4.79 Å². The Bertz CT molecular complexity index is 1370. The first-order valence-electron chi connectivity index (χ1n) is 13.5. The SMILES string of the molecule is CCOCC(=O)N1CCc2c(-c3cccc(C(=O)OC)c3)ccc(CNC(=O)[C@H]3C[C@H]3c3ccccc3)c2C1. The van der Waals surface area contributed by atoms with Crippen LogP contribution in [0.1, 0.15) is 51.9 Å². The molecule has 3 aromatic carbocycles. The Kier molecular flexibility index (Phi) is 8.07. The maximum absolute atomic E-state index is 13.0. The molecule has 0 unspecified atom stereocenters. The van der Waals surface area contributed by atoms with Crippen LogP contribution in [0.15, 0.2) is 66.7 Å². The van der Waals surface area contributed by atoms with Crippen LogP contribution in [0.25, 0.3) is 11.1 Å². The van der Waals surface area contributed by atoms with Crippen molar-refractivity contribution in [2.75, 3.05) is 26.9 Å². The zero-order valence-corrected chi connectivity index (χ0v) is 22.4. The summed E-state index contributed by atoms with van der Waals surface area (Å²) in [6.07, 6.45) is 1.54. The molecular formula is C32H34N2O5. The van der Waals surface area contributed by atoms with Gasteiger partial charge in [-0.3, -0.25) is 9.59 Å². The smallest absolute Gasteiger partial charge is 0.337 e. The van der Waals surface area contributed by atoms with Crippen molar-refractivity contribution in [1.29, 1.82) is 0 Å². The Labute approximate surface area is 229 Å². The highest BCUT2D eigenvalue weighted by Gasteiger charge is 2.43. The number of amides is 2. The van der Waals surface area contributed by atoms with E-state index in [4.69, 9.17) is 9.47 Å². The van der Waals surface area contributed by atoms with Gasteiger partial charge in [0.15, 0.2) is 0 Å². The number of ether oxygens (including phenoxy) is 2. The third kappa shape index (κ3) is 5.88. The monoisotopic (exact) mass is 526 g/mol. The maximum atomic E-state index is 13.0. The Morgan fingerprint density at radius 3 is 2.59 bits per heavy atom. The highest BCUT2D eigenvalue weighted by Crippen LogP contribution is 2.47. The first-order chi connectivity index (χ1) is 19.0. The van der Waals surface area contributed by atoms with Crippen molar-refractivity contribution in [2.45, 2.75) is 38.8 Å². The summed E-state index contributed by atoms with van der Waals surface area (Å²) in [4.78, 5) is 39.8. The van der Waals surface area contributed by atoms with Gasteiger partial charge in [-0.15, -0.1) is 0 Å². The molecule has 39 heavy (non-hydrogen) atoms. The molecule has 2 aliphatic rings. The molecule has 7 nitrogen and oxygen atoms in total. The molecule has 0 radical (unpaired) electrons. The average molecular weight is 527 g/mol. The van der Waals surface area contributed by atoms with E-state index < -0.39 is 0 Å². The minimum atomic E-state index is -0.383. The van der Waals surface area contributed by atoms with E-state index >= 15 is 0 Å². The minimum Gasteiger partial charge on any atom is -0.465 e. The van der Waals surface area contributed by atoms with Crippen LogP contribution in [-0.2, 0) is 38.6 Å². The number of esters is 1. The van der Waals surface area contributed by atoms with Crippen LogP contribution in [-0.4, -0.2) is 49.6 Å². The molecule has 5 rings (SSSR count). The first-order valence-corrected chi connectivity index (χ1v) is 13.5. The van der Waals surface area contributed by atoms with Gasteiger partial charge in [0, 0.05) is 32.2 Å². The van der Waals surface area contributed by atoms with E-state index in [2.05, 4.69) is 23.5 Å². The number of nitrogens with one attached hydrogen (secondary N) is 1. The summed E-state index contributed by atoms with van der Waals surface area (Å²) in [6.45, 7) is 3.85. The molecule has 202 valence electrons. The Hall–Kier alpha value is -3.97. The summed E-state index contributed by atoms with van der Waals surface area (Å²) in [7, 11) is 1.37. The van der Waals surface area contributed by atoms with Gasteiger partial charge in [0.1, 0.15) is 6.61 Å². The third-order valence-corrected chi connectivity index (χ3v) is 7.69. The normalized spacial score (nSPS) is 17.7. The largest absolute Gasteiger partial charge is 0.465 e. The molecule has 1 heterocycles. The molecule has 0 bridgehead atoms. The molecule has 1 fully saturated rings. The standard InChI is InChI=1S/C32H34N2O5/c1-3-39-20-30(35)34-15-14-26-25(22-10-7-11-23(16-22)32(37)38-2)13-12-24(29(26)19-34)18-33-31(36)28-17-27(28)21-8-5-4-6-9-21/h4-13,16,27-28H,3,14-15,17-20H2,1-2H3,(H,33,36)/t27-,28-/m0/s1. The number of nitrogens with zero attached hydrogens (tertiary/aromatic N) is 1. The number of benzene rings is 3. The van der Waals surface area contributed by atoms with Crippen LogP contribution in [0, 0.1) is 5.92 Å². The van der Waals surface area contributed by atoms with Gasteiger partial charge in [-0.1, -0.05) is 54.6 Å². The van der Waals surface area contributed by atoms with Gasteiger partial charge in [-0.2, -0.15) is 0 Å². The highest BCUT2D eigenvalue weighted by atomic mass is 16.5. The van der Waals surface area contributed by atoms with E-state index in [1.54, 1.807) is 6.07 Å². The van der Waals surface area contributed by atoms with Crippen LogP contribution < -0.4 is 5.32 Å². The third-order valence-electron chi connectivity index (χ3n) is 7.69. The number of rotatable bonds is 9. The number of carbonyl (C=O) groups excluding carboxylic acids is 3. The molecule has 1 N–H and O–H groups in total. The van der Waals surface area contributed by atoms with Gasteiger partial charge in [0.05, 0.1) is 12.7 Å². The number of fused-ring (bicyclic) bond motifs is 1. The maximum Gasteiger partial charge on any atom is 0.337 e. The van der Waals surface area contributed by atoms with Crippen molar-refractivity contribution >= 4 is 17.8 Å². The number of methoxy groups -OCH3 is 1. The molecule has 3 aromatic rings.